The molecule has 1 fully saturated rings. The van der Waals surface area contributed by atoms with Crippen molar-refractivity contribution >= 4 is 16.8 Å². The first-order valence-electron chi connectivity index (χ1n) is 9.33. The highest BCUT2D eigenvalue weighted by Gasteiger charge is 2.24. The van der Waals surface area contributed by atoms with Crippen molar-refractivity contribution in [2.75, 3.05) is 26.3 Å². The monoisotopic (exact) mass is 361 g/mol. The molecule has 0 N–H and O–H groups in total. The first kappa shape index (κ1) is 17.6. The number of hydrogen-bond acceptors (Lipinski definition) is 4. The van der Waals surface area contributed by atoms with Crippen molar-refractivity contribution in [1.29, 1.82) is 0 Å². The van der Waals surface area contributed by atoms with Crippen LogP contribution in [0.5, 0.6) is 0 Å². The number of aryl methyl sites for hydroxylation is 1. The Morgan fingerprint density at radius 2 is 2.04 bits per heavy atom. The van der Waals surface area contributed by atoms with Gasteiger partial charge in [0.1, 0.15) is 0 Å². The van der Waals surface area contributed by atoms with E-state index in [2.05, 4.69) is 34.2 Å². The summed E-state index contributed by atoms with van der Waals surface area (Å²) in [6, 6.07) is 14.1. The molecule has 0 aliphatic carbocycles. The van der Waals surface area contributed by atoms with Crippen molar-refractivity contribution in [1.82, 2.24) is 14.9 Å². The van der Waals surface area contributed by atoms with Gasteiger partial charge < -0.3 is 9.64 Å². The number of amides is 1. The Morgan fingerprint density at radius 3 is 2.93 bits per heavy atom. The molecular formula is C22H23N3O2. The summed E-state index contributed by atoms with van der Waals surface area (Å²) in [7, 11) is 0. The Hall–Kier alpha value is -2.79. The molecule has 3 heterocycles. The lowest BCUT2D eigenvalue weighted by Gasteiger charge is -2.24. The summed E-state index contributed by atoms with van der Waals surface area (Å²) in [5, 5.41) is 1.14. The molecule has 138 valence electrons. The van der Waals surface area contributed by atoms with Crippen LogP contribution in [-0.4, -0.2) is 47.1 Å². The number of nitrogens with zero attached hydrogens (tertiary/aromatic N) is 3. The minimum Gasteiger partial charge on any atom is -0.379 e. The molecule has 0 spiro atoms. The van der Waals surface area contributed by atoms with E-state index in [4.69, 9.17) is 4.74 Å². The minimum atomic E-state index is 0.0406. The second-order valence-electron chi connectivity index (χ2n) is 7.06. The molecule has 2 aromatic heterocycles. The molecule has 1 saturated heterocycles. The molecule has 0 saturated carbocycles. The fourth-order valence-corrected chi connectivity index (χ4v) is 3.65. The molecule has 1 amide bonds. The molecule has 0 unspecified atom stereocenters. The molecule has 1 aliphatic heterocycles. The highest BCUT2D eigenvalue weighted by molar-refractivity contribution is 5.95. The topological polar surface area (TPSA) is 55.3 Å². The summed E-state index contributed by atoms with van der Waals surface area (Å²) in [6.07, 6.45) is 4.40. The van der Waals surface area contributed by atoms with Gasteiger partial charge in [-0.15, -0.1) is 0 Å². The zero-order chi connectivity index (χ0) is 18.6. The molecule has 0 bridgehead atoms. The number of benzene rings is 1. The van der Waals surface area contributed by atoms with Crippen molar-refractivity contribution in [2.24, 2.45) is 5.92 Å². The molecule has 4 rings (SSSR count). The van der Waals surface area contributed by atoms with Gasteiger partial charge in [0.25, 0.3) is 5.91 Å². The SMILES string of the molecule is Cc1ncccc1C(=O)N1CCOC[C@@H](Cc2ccc3ncccc3c2)C1. The number of carbonyl (C=O) groups is 1. The largest absolute Gasteiger partial charge is 0.379 e. The van der Waals surface area contributed by atoms with Crippen molar-refractivity contribution in [2.45, 2.75) is 13.3 Å². The van der Waals surface area contributed by atoms with Crippen molar-refractivity contribution in [3.63, 3.8) is 0 Å². The summed E-state index contributed by atoms with van der Waals surface area (Å²) in [6.45, 7) is 4.43. The summed E-state index contributed by atoms with van der Waals surface area (Å²) in [5.74, 6) is 0.307. The number of ether oxygens (including phenoxy) is 1. The summed E-state index contributed by atoms with van der Waals surface area (Å²) < 4.78 is 5.79. The average molecular weight is 361 g/mol. The van der Waals surface area contributed by atoms with Gasteiger partial charge in [0.2, 0.25) is 0 Å². The fourth-order valence-electron chi connectivity index (χ4n) is 3.65. The van der Waals surface area contributed by atoms with Gasteiger partial charge in [-0.1, -0.05) is 12.1 Å². The van der Waals surface area contributed by atoms with E-state index in [9.17, 15) is 4.79 Å². The molecule has 5 heteroatoms. The van der Waals surface area contributed by atoms with E-state index in [-0.39, 0.29) is 11.8 Å². The van der Waals surface area contributed by atoms with Crippen molar-refractivity contribution < 1.29 is 9.53 Å². The van der Waals surface area contributed by atoms with Gasteiger partial charge in [0.05, 0.1) is 24.3 Å². The lowest BCUT2D eigenvalue weighted by atomic mass is 9.98. The molecule has 0 radical (unpaired) electrons. The van der Waals surface area contributed by atoms with Gasteiger partial charge in [-0.2, -0.15) is 0 Å². The van der Waals surface area contributed by atoms with Crippen LogP contribution in [-0.2, 0) is 11.2 Å². The van der Waals surface area contributed by atoms with E-state index in [0.29, 0.717) is 31.9 Å². The van der Waals surface area contributed by atoms with E-state index in [1.807, 2.05) is 36.2 Å². The maximum Gasteiger partial charge on any atom is 0.255 e. The van der Waals surface area contributed by atoms with Crippen LogP contribution in [0.25, 0.3) is 10.9 Å². The average Bonchev–Trinajstić information content (AvgIpc) is 2.93. The van der Waals surface area contributed by atoms with Crippen LogP contribution in [0.4, 0.5) is 0 Å². The highest BCUT2D eigenvalue weighted by Crippen LogP contribution is 2.20. The molecule has 5 nitrogen and oxygen atoms in total. The number of pyridine rings is 2. The number of hydrogen-bond donors (Lipinski definition) is 0. The molecule has 27 heavy (non-hydrogen) atoms. The first-order valence-corrected chi connectivity index (χ1v) is 9.33. The van der Waals surface area contributed by atoms with E-state index in [1.165, 1.54) is 5.56 Å². The van der Waals surface area contributed by atoms with Crippen LogP contribution < -0.4 is 0 Å². The Balaban J connectivity index is 1.51. The van der Waals surface area contributed by atoms with E-state index in [0.717, 1.165) is 23.0 Å². The van der Waals surface area contributed by atoms with Crippen LogP contribution in [0.2, 0.25) is 0 Å². The normalized spacial score (nSPS) is 17.7. The third-order valence-electron chi connectivity index (χ3n) is 5.05. The Labute approximate surface area is 159 Å². The zero-order valence-electron chi connectivity index (χ0n) is 15.5. The highest BCUT2D eigenvalue weighted by atomic mass is 16.5. The van der Waals surface area contributed by atoms with Crippen LogP contribution in [0.3, 0.4) is 0 Å². The second kappa shape index (κ2) is 7.84. The summed E-state index contributed by atoms with van der Waals surface area (Å²) in [4.78, 5) is 23.5. The predicted octanol–water partition coefficient (Wildman–Crippen LogP) is 3.27. The lowest BCUT2D eigenvalue weighted by molar-refractivity contribution is 0.0736. The van der Waals surface area contributed by atoms with Crippen LogP contribution >= 0.6 is 0 Å². The van der Waals surface area contributed by atoms with Gasteiger partial charge in [0.15, 0.2) is 0 Å². The third-order valence-corrected chi connectivity index (χ3v) is 5.05. The van der Waals surface area contributed by atoms with Gasteiger partial charge in [-0.25, -0.2) is 0 Å². The quantitative estimate of drug-likeness (QED) is 0.718. The smallest absolute Gasteiger partial charge is 0.255 e. The van der Waals surface area contributed by atoms with Gasteiger partial charge >= 0.3 is 0 Å². The molecule has 1 aromatic carbocycles. The van der Waals surface area contributed by atoms with Crippen LogP contribution in [0, 0.1) is 12.8 Å². The van der Waals surface area contributed by atoms with E-state index < -0.39 is 0 Å². The fraction of sp³-hybridized carbons (Fsp3) is 0.318. The van der Waals surface area contributed by atoms with Gasteiger partial charge in [-0.3, -0.25) is 14.8 Å². The Kier molecular flexibility index (Phi) is 5.12. The first-order chi connectivity index (χ1) is 13.2. The third kappa shape index (κ3) is 3.98. The van der Waals surface area contributed by atoms with E-state index in [1.54, 1.807) is 6.20 Å². The molecule has 1 atom stereocenters. The number of carbonyl (C=O) groups excluding carboxylic acids is 1. The van der Waals surface area contributed by atoms with Crippen molar-refractivity contribution in [3.05, 3.63) is 71.7 Å². The molecule has 1 aliphatic rings. The van der Waals surface area contributed by atoms with Gasteiger partial charge in [-0.05, 0) is 49.2 Å². The zero-order valence-corrected chi connectivity index (χ0v) is 15.5. The van der Waals surface area contributed by atoms with Gasteiger partial charge in [0, 0.05) is 42.5 Å². The Morgan fingerprint density at radius 1 is 1.19 bits per heavy atom. The number of fused-ring (bicyclic) bond motifs is 1. The van der Waals surface area contributed by atoms with Crippen LogP contribution in [0.1, 0.15) is 21.6 Å². The lowest BCUT2D eigenvalue weighted by Crippen LogP contribution is -2.36. The maximum absolute atomic E-state index is 13.0. The number of aromatic nitrogens is 2. The second-order valence-corrected chi connectivity index (χ2v) is 7.06. The summed E-state index contributed by atoms with van der Waals surface area (Å²) in [5.41, 5.74) is 3.69. The Bertz CT molecular complexity index is 957. The standard InChI is InChI=1S/C22H23N3O2/c1-16-20(5-3-8-23-16)22(26)25-10-11-27-15-18(14-25)12-17-6-7-21-19(13-17)4-2-9-24-21/h2-9,13,18H,10-12,14-15H2,1H3/t18-/m0/s1. The summed E-state index contributed by atoms with van der Waals surface area (Å²) >= 11 is 0. The van der Waals surface area contributed by atoms with E-state index >= 15 is 0 Å². The number of rotatable bonds is 3. The maximum atomic E-state index is 13.0. The molecular weight excluding hydrogens is 338 g/mol. The van der Waals surface area contributed by atoms with Crippen LogP contribution in [0.15, 0.2) is 54.9 Å². The van der Waals surface area contributed by atoms with Crippen molar-refractivity contribution in [3.8, 4) is 0 Å². The molecule has 3 aromatic rings. The predicted molar refractivity (Wildman–Crippen MR) is 105 cm³/mol. The minimum absolute atomic E-state index is 0.0406.